The maximum Gasteiger partial charge on any atom is 0.251 e. The van der Waals surface area contributed by atoms with Crippen LogP contribution >= 0.6 is 11.6 Å². The number of carbonyl (C=O) groups is 1. The van der Waals surface area contributed by atoms with Crippen LogP contribution in [0.5, 0.6) is 0 Å². The zero-order chi connectivity index (χ0) is 13.1. The van der Waals surface area contributed by atoms with Crippen LogP contribution in [0, 0.1) is 5.92 Å². The van der Waals surface area contributed by atoms with Gasteiger partial charge in [0.1, 0.15) is 0 Å². The average molecular weight is 256 g/mol. The third-order valence-electron chi connectivity index (χ3n) is 2.96. The Morgan fingerprint density at radius 2 is 1.94 bits per heavy atom. The first-order valence-corrected chi connectivity index (χ1v) is 5.97. The number of hydrogen-bond donors (Lipinski definition) is 2. The van der Waals surface area contributed by atoms with Crippen LogP contribution in [0.25, 0.3) is 0 Å². The monoisotopic (exact) mass is 255 g/mol. The first-order valence-electron chi connectivity index (χ1n) is 5.59. The molecule has 0 spiro atoms. The summed E-state index contributed by atoms with van der Waals surface area (Å²) in [4.78, 5) is 11.8. The summed E-state index contributed by atoms with van der Waals surface area (Å²) in [6.45, 7) is 5.76. The summed E-state index contributed by atoms with van der Waals surface area (Å²) in [5, 5.41) is 13.3. The minimum absolute atomic E-state index is 0.0769. The van der Waals surface area contributed by atoms with Crippen molar-refractivity contribution < 1.29 is 9.90 Å². The van der Waals surface area contributed by atoms with Gasteiger partial charge in [0.05, 0.1) is 5.60 Å². The van der Waals surface area contributed by atoms with E-state index in [1.807, 2.05) is 13.8 Å². The number of halogens is 1. The maximum atomic E-state index is 11.8. The van der Waals surface area contributed by atoms with Crippen molar-refractivity contribution in [2.45, 2.75) is 26.4 Å². The number of rotatable bonds is 4. The lowest BCUT2D eigenvalue weighted by Crippen LogP contribution is -2.44. The summed E-state index contributed by atoms with van der Waals surface area (Å²) >= 11 is 5.74. The van der Waals surface area contributed by atoms with E-state index in [0.29, 0.717) is 10.6 Å². The fourth-order valence-electron chi connectivity index (χ4n) is 1.17. The van der Waals surface area contributed by atoms with E-state index in [2.05, 4.69) is 5.32 Å². The molecule has 17 heavy (non-hydrogen) atoms. The zero-order valence-corrected chi connectivity index (χ0v) is 11.1. The third-order valence-corrected chi connectivity index (χ3v) is 3.21. The molecule has 1 atom stereocenters. The molecule has 2 N–H and O–H groups in total. The molecule has 0 aliphatic rings. The van der Waals surface area contributed by atoms with Crippen LogP contribution in [0.3, 0.4) is 0 Å². The fraction of sp³-hybridized carbons (Fsp3) is 0.462. The van der Waals surface area contributed by atoms with Gasteiger partial charge in [0, 0.05) is 17.1 Å². The van der Waals surface area contributed by atoms with Crippen molar-refractivity contribution >= 4 is 17.5 Å². The summed E-state index contributed by atoms with van der Waals surface area (Å²) < 4.78 is 0. The second kappa shape index (κ2) is 5.52. The van der Waals surface area contributed by atoms with Gasteiger partial charge < -0.3 is 10.4 Å². The lowest BCUT2D eigenvalue weighted by Gasteiger charge is -2.27. The van der Waals surface area contributed by atoms with E-state index in [0.717, 1.165) is 0 Å². The van der Waals surface area contributed by atoms with Gasteiger partial charge in [0.2, 0.25) is 0 Å². The van der Waals surface area contributed by atoms with Crippen LogP contribution in [-0.2, 0) is 0 Å². The Morgan fingerprint density at radius 1 is 1.41 bits per heavy atom. The molecule has 3 nitrogen and oxygen atoms in total. The van der Waals surface area contributed by atoms with Crippen molar-refractivity contribution in [3.63, 3.8) is 0 Å². The highest BCUT2D eigenvalue weighted by Gasteiger charge is 2.25. The second-order valence-electron chi connectivity index (χ2n) is 4.70. The van der Waals surface area contributed by atoms with Gasteiger partial charge in [-0.05, 0) is 37.1 Å². The molecular weight excluding hydrogens is 238 g/mol. The molecule has 0 saturated carbocycles. The van der Waals surface area contributed by atoms with Crippen LogP contribution in [-0.4, -0.2) is 23.2 Å². The Labute approximate surface area is 107 Å². The molecule has 0 fully saturated rings. The largest absolute Gasteiger partial charge is 0.388 e. The molecule has 1 unspecified atom stereocenters. The maximum absolute atomic E-state index is 11.8. The van der Waals surface area contributed by atoms with Crippen molar-refractivity contribution in [1.82, 2.24) is 5.32 Å². The predicted molar refractivity (Wildman–Crippen MR) is 69.2 cm³/mol. The highest BCUT2D eigenvalue weighted by molar-refractivity contribution is 6.30. The molecule has 0 aliphatic carbocycles. The lowest BCUT2D eigenvalue weighted by atomic mass is 9.92. The molecular formula is C13H18ClNO2. The molecule has 1 aromatic rings. The Morgan fingerprint density at radius 3 is 2.41 bits per heavy atom. The number of nitrogens with one attached hydrogen (secondary N) is 1. The summed E-state index contributed by atoms with van der Waals surface area (Å²) in [5.41, 5.74) is -0.365. The fourth-order valence-corrected chi connectivity index (χ4v) is 1.29. The van der Waals surface area contributed by atoms with Crippen LogP contribution in [0.4, 0.5) is 0 Å². The second-order valence-corrected chi connectivity index (χ2v) is 5.14. The van der Waals surface area contributed by atoms with Crippen molar-refractivity contribution in [2.24, 2.45) is 5.92 Å². The SMILES string of the molecule is CC(C)C(C)(O)CNC(=O)c1ccc(Cl)cc1. The summed E-state index contributed by atoms with van der Waals surface area (Å²) in [6.07, 6.45) is 0. The lowest BCUT2D eigenvalue weighted by molar-refractivity contribution is 0.0142. The molecule has 1 aromatic carbocycles. The third kappa shape index (κ3) is 4.02. The van der Waals surface area contributed by atoms with Crippen LogP contribution in [0.15, 0.2) is 24.3 Å². The minimum atomic E-state index is -0.901. The normalized spacial score (nSPS) is 14.5. The van der Waals surface area contributed by atoms with Crippen molar-refractivity contribution in [3.05, 3.63) is 34.9 Å². The quantitative estimate of drug-likeness (QED) is 0.868. The number of benzene rings is 1. The average Bonchev–Trinajstić information content (AvgIpc) is 2.27. The highest BCUT2D eigenvalue weighted by Crippen LogP contribution is 2.15. The first-order chi connectivity index (χ1) is 7.83. The van der Waals surface area contributed by atoms with Crippen molar-refractivity contribution in [3.8, 4) is 0 Å². The van der Waals surface area contributed by atoms with E-state index in [-0.39, 0.29) is 18.4 Å². The summed E-state index contributed by atoms with van der Waals surface area (Å²) in [5.74, 6) is -0.129. The Kier molecular flexibility index (Phi) is 4.54. The molecule has 0 saturated heterocycles. The number of hydrogen-bond acceptors (Lipinski definition) is 2. The summed E-state index contributed by atoms with van der Waals surface area (Å²) in [7, 11) is 0. The van der Waals surface area contributed by atoms with Gasteiger partial charge in [0.15, 0.2) is 0 Å². The molecule has 94 valence electrons. The predicted octanol–water partition coefficient (Wildman–Crippen LogP) is 2.48. The zero-order valence-electron chi connectivity index (χ0n) is 10.3. The topological polar surface area (TPSA) is 49.3 Å². The van der Waals surface area contributed by atoms with Crippen molar-refractivity contribution in [2.75, 3.05) is 6.54 Å². The number of amides is 1. The van der Waals surface area contributed by atoms with E-state index >= 15 is 0 Å². The van der Waals surface area contributed by atoms with Crippen LogP contribution < -0.4 is 5.32 Å². The minimum Gasteiger partial charge on any atom is -0.388 e. The van der Waals surface area contributed by atoms with Crippen molar-refractivity contribution in [1.29, 1.82) is 0 Å². The molecule has 0 heterocycles. The molecule has 0 radical (unpaired) electrons. The molecule has 0 bridgehead atoms. The number of aliphatic hydroxyl groups is 1. The smallest absolute Gasteiger partial charge is 0.251 e. The van der Waals surface area contributed by atoms with E-state index < -0.39 is 5.60 Å². The Bertz CT molecular complexity index is 385. The van der Waals surface area contributed by atoms with E-state index in [1.54, 1.807) is 31.2 Å². The highest BCUT2D eigenvalue weighted by atomic mass is 35.5. The van der Waals surface area contributed by atoms with Gasteiger partial charge >= 0.3 is 0 Å². The van der Waals surface area contributed by atoms with Gasteiger partial charge in [-0.2, -0.15) is 0 Å². The molecule has 1 rings (SSSR count). The van der Waals surface area contributed by atoms with E-state index in [1.165, 1.54) is 0 Å². The molecule has 4 heteroatoms. The Balaban J connectivity index is 2.59. The van der Waals surface area contributed by atoms with Gasteiger partial charge in [0.25, 0.3) is 5.91 Å². The van der Waals surface area contributed by atoms with Crippen LogP contribution in [0.1, 0.15) is 31.1 Å². The first kappa shape index (κ1) is 14.0. The molecule has 0 aromatic heterocycles. The van der Waals surface area contributed by atoms with E-state index in [9.17, 15) is 9.90 Å². The van der Waals surface area contributed by atoms with Gasteiger partial charge in [-0.1, -0.05) is 25.4 Å². The molecule has 0 aliphatic heterocycles. The van der Waals surface area contributed by atoms with Crippen LogP contribution in [0.2, 0.25) is 5.02 Å². The standard InChI is InChI=1S/C13H18ClNO2/c1-9(2)13(3,17)8-15-12(16)10-4-6-11(14)7-5-10/h4-7,9,17H,8H2,1-3H3,(H,15,16). The molecule has 1 amide bonds. The van der Waals surface area contributed by atoms with Gasteiger partial charge in [-0.3, -0.25) is 4.79 Å². The van der Waals surface area contributed by atoms with Gasteiger partial charge in [-0.15, -0.1) is 0 Å². The van der Waals surface area contributed by atoms with E-state index in [4.69, 9.17) is 11.6 Å². The Hall–Kier alpha value is -1.06. The van der Waals surface area contributed by atoms with Gasteiger partial charge in [-0.25, -0.2) is 0 Å². The number of carbonyl (C=O) groups excluding carboxylic acids is 1. The summed E-state index contributed by atoms with van der Waals surface area (Å²) in [6, 6.07) is 6.64.